The number of nitrogens with zero attached hydrogens (tertiary/aromatic N) is 2. The zero-order valence-electron chi connectivity index (χ0n) is 21.4. The van der Waals surface area contributed by atoms with Gasteiger partial charge in [-0.3, -0.25) is 13.9 Å². The van der Waals surface area contributed by atoms with Crippen molar-refractivity contribution in [2.45, 2.75) is 52.1 Å². The lowest BCUT2D eigenvalue weighted by Gasteiger charge is -2.29. The number of nitrogens with one attached hydrogen (secondary N) is 1. The molecule has 0 aliphatic carbocycles. The molecule has 1 N–H and O–H groups in total. The van der Waals surface area contributed by atoms with Gasteiger partial charge in [0.25, 0.3) is 0 Å². The lowest BCUT2D eigenvalue weighted by atomic mass is 10.1. The third-order valence-corrected chi connectivity index (χ3v) is 7.22. The van der Waals surface area contributed by atoms with E-state index in [1.165, 1.54) is 16.3 Å². The SMILES string of the molecule is CCCCNC(=O)[C@H](C)N(Cc1ccc(Cl)cc1)C(=O)CCCN(c1ccc(OC)cc1)S(C)(=O)=O. The largest absolute Gasteiger partial charge is 0.497 e. The second kappa shape index (κ2) is 14.1. The smallest absolute Gasteiger partial charge is 0.242 e. The second-order valence-electron chi connectivity index (χ2n) is 8.61. The average Bonchev–Trinajstić information content (AvgIpc) is 2.85. The van der Waals surface area contributed by atoms with Crippen molar-refractivity contribution in [1.29, 1.82) is 0 Å². The molecule has 0 aromatic heterocycles. The van der Waals surface area contributed by atoms with E-state index in [0.29, 0.717) is 29.4 Å². The molecule has 0 radical (unpaired) electrons. The highest BCUT2D eigenvalue weighted by atomic mass is 35.5. The molecule has 8 nitrogen and oxygen atoms in total. The highest BCUT2D eigenvalue weighted by molar-refractivity contribution is 7.92. The molecule has 0 aliphatic heterocycles. The van der Waals surface area contributed by atoms with E-state index in [1.54, 1.807) is 43.3 Å². The minimum atomic E-state index is -3.56. The maximum atomic E-state index is 13.3. The Morgan fingerprint density at radius 2 is 1.69 bits per heavy atom. The molecule has 0 aliphatic rings. The summed E-state index contributed by atoms with van der Waals surface area (Å²) in [6.45, 7) is 4.66. The van der Waals surface area contributed by atoms with Crippen LogP contribution in [0.2, 0.25) is 5.02 Å². The van der Waals surface area contributed by atoms with Gasteiger partial charge in [-0.15, -0.1) is 0 Å². The number of methoxy groups -OCH3 is 1. The predicted molar refractivity (Wildman–Crippen MR) is 144 cm³/mol. The minimum absolute atomic E-state index is 0.0857. The molecule has 1 atom stereocenters. The quantitative estimate of drug-likeness (QED) is 0.364. The molecule has 0 saturated heterocycles. The number of carbonyl (C=O) groups excluding carboxylic acids is 2. The Balaban J connectivity index is 2.13. The van der Waals surface area contributed by atoms with Crippen LogP contribution in [0.1, 0.15) is 45.1 Å². The van der Waals surface area contributed by atoms with Crippen LogP contribution in [0, 0.1) is 0 Å². The van der Waals surface area contributed by atoms with Crippen molar-refractivity contribution < 1.29 is 22.7 Å². The molecule has 2 amide bonds. The number of anilines is 1. The molecule has 36 heavy (non-hydrogen) atoms. The Labute approximate surface area is 219 Å². The topological polar surface area (TPSA) is 96.0 Å². The second-order valence-corrected chi connectivity index (χ2v) is 10.9. The number of hydrogen-bond acceptors (Lipinski definition) is 5. The molecule has 0 unspecified atom stereocenters. The van der Waals surface area contributed by atoms with Crippen LogP contribution in [0.5, 0.6) is 5.75 Å². The molecule has 2 aromatic rings. The Kier molecular flexibility index (Phi) is 11.5. The van der Waals surface area contributed by atoms with Gasteiger partial charge < -0.3 is 15.0 Å². The fourth-order valence-electron chi connectivity index (χ4n) is 3.66. The molecule has 0 heterocycles. The fraction of sp³-hybridized carbons (Fsp3) is 0.462. The van der Waals surface area contributed by atoms with Crippen molar-refractivity contribution in [3.8, 4) is 5.75 Å². The van der Waals surface area contributed by atoms with Crippen molar-refractivity contribution in [3.05, 3.63) is 59.1 Å². The van der Waals surface area contributed by atoms with Gasteiger partial charge in [0.05, 0.1) is 19.1 Å². The van der Waals surface area contributed by atoms with Gasteiger partial charge in [-0.05, 0) is 61.7 Å². The van der Waals surface area contributed by atoms with Crippen molar-refractivity contribution in [2.24, 2.45) is 0 Å². The Hall–Kier alpha value is -2.78. The lowest BCUT2D eigenvalue weighted by molar-refractivity contribution is -0.140. The van der Waals surface area contributed by atoms with E-state index in [2.05, 4.69) is 5.32 Å². The maximum absolute atomic E-state index is 13.3. The number of benzene rings is 2. The normalized spacial score (nSPS) is 12.0. The van der Waals surface area contributed by atoms with Crippen LogP contribution in [-0.4, -0.2) is 57.6 Å². The van der Waals surface area contributed by atoms with E-state index in [4.69, 9.17) is 16.3 Å². The van der Waals surface area contributed by atoms with Crippen LogP contribution in [-0.2, 0) is 26.2 Å². The van der Waals surface area contributed by atoms with Crippen molar-refractivity contribution >= 4 is 39.1 Å². The van der Waals surface area contributed by atoms with E-state index in [-0.39, 0.29) is 31.3 Å². The number of ether oxygens (including phenoxy) is 1. The monoisotopic (exact) mass is 537 g/mol. The van der Waals surface area contributed by atoms with E-state index >= 15 is 0 Å². The van der Waals surface area contributed by atoms with Crippen LogP contribution in [0.4, 0.5) is 5.69 Å². The summed E-state index contributed by atoms with van der Waals surface area (Å²) in [5, 5.41) is 3.47. The number of sulfonamides is 1. The van der Waals surface area contributed by atoms with Gasteiger partial charge in [0.2, 0.25) is 21.8 Å². The summed E-state index contributed by atoms with van der Waals surface area (Å²) in [5.41, 5.74) is 1.34. The third-order valence-electron chi connectivity index (χ3n) is 5.78. The van der Waals surface area contributed by atoms with E-state index < -0.39 is 16.1 Å². The molecule has 2 rings (SSSR count). The van der Waals surface area contributed by atoms with Crippen molar-refractivity contribution in [3.63, 3.8) is 0 Å². The van der Waals surface area contributed by atoms with E-state index in [1.807, 2.05) is 19.1 Å². The van der Waals surface area contributed by atoms with Gasteiger partial charge in [0.15, 0.2) is 0 Å². The molecule has 0 fully saturated rings. The van der Waals surface area contributed by atoms with Gasteiger partial charge in [0, 0.05) is 31.1 Å². The number of halogens is 1. The zero-order valence-corrected chi connectivity index (χ0v) is 22.9. The number of carbonyl (C=O) groups is 2. The number of unbranched alkanes of at least 4 members (excludes halogenated alkanes) is 1. The first-order valence-corrected chi connectivity index (χ1v) is 14.2. The highest BCUT2D eigenvalue weighted by Crippen LogP contribution is 2.22. The van der Waals surface area contributed by atoms with Gasteiger partial charge >= 0.3 is 0 Å². The van der Waals surface area contributed by atoms with Crippen molar-refractivity contribution in [1.82, 2.24) is 10.2 Å². The summed E-state index contributed by atoms with van der Waals surface area (Å²) in [6.07, 6.45) is 3.32. The first-order chi connectivity index (χ1) is 17.1. The predicted octanol–water partition coefficient (Wildman–Crippen LogP) is 4.23. The average molecular weight is 538 g/mol. The standard InChI is InChI=1S/C26H36ClN3O5S/c1-5-6-17-28-26(32)20(2)29(19-21-9-11-22(27)12-10-21)25(31)8-7-18-30(36(4,33)34)23-13-15-24(35-3)16-14-23/h9-16,20H,5-8,17-19H2,1-4H3,(H,28,32)/t20-/m0/s1. The molecular formula is C26H36ClN3O5S. The Bertz CT molecular complexity index is 1090. The third kappa shape index (κ3) is 9.02. The molecule has 198 valence electrons. The van der Waals surface area contributed by atoms with Crippen LogP contribution in [0.15, 0.2) is 48.5 Å². The summed E-state index contributed by atoms with van der Waals surface area (Å²) in [6, 6.07) is 13.1. The first-order valence-electron chi connectivity index (χ1n) is 12.0. The fourth-order valence-corrected chi connectivity index (χ4v) is 4.75. The summed E-state index contributed by atoms with van der Waals surface area (Å²) in [4.78, 5) is 27.5. The minimum Gasteiger partial charge on any atom is -0.497 e. The summed E-state index contributed by atoms with van der Waals surface area (Å²) in [7, 11) is -2.02. The lowest BCUT2D eigenvalue weighted by Crippen LogP contribution is -2.47. The number of amides is 2. The molecular weight excluding hydrogens is 502 g/mol. The molecule has 2 aromatic carbocycles. The van der Waals surface area contributed by atoms with Crippen LogP contribution in [0.25, 0.3) is 0 Å². The van der Waals surface area contributed by atoms with Gasteiger partial charge in [-0.2, -0.15) is 0 Å². The number of rotatable bonds is 14. The maximum Gasteiger partial charge on any atom is 0.242 e. The van der Waals surface area contributed by atoms with E-state index in [9.17, 15) is 18.0 Å². The van der Waals surface area contributed by atoms with Crippen LogP contribution >= 0.6 is 11.6 Å². The number of hydrogen-bond donors (Lipinski definition) is 1. The Morgan fingerprint density at radius 1 is 1.06 bits per heavy atom. The van der Waals surface area contributed by atoms with Gasteiger partial charge in [-0.25, -0.2) is 8.42 Å². The first kappa shape index (κ1) is 29.5. The summed E-state index contributed by atoms with van der Waals surface area (Å²) >= 11 is 5.99. The molecule has 0 saturated carbocycles. The zero-order chi connectivity index (χ0) is 26.7. The van der Waals surface area contributed by atoms with Crippen LogP contribution < -0.4 is 14.4 Å². The molecule has 0 bridgehead atoms. The Morgan fingerprint density at radius 3 is 2.25 bits per heavy atom. The molecule has 0 spiro atoms. The van der Waals surface area contributed by atoms with Crippen molar-refractivity contribution in [2.75, 3.05) is 30.8 Å². The van der Waals surface area contributed by atoms with Gasteiger partial charge in [-0.1, -0.05) is 37.1 Å². The van der Waals surface area contributed by atoms with Gasteiger partial charge in [0.1, 0.15) is 11.8 Å². The molecule has 10 heteroatoms. The van der Waals surface area contributed by atoms with E-state index in [0.717, 1.165) is 24.7 Å². The highest BCUT2D eigenvalue weighted by Gasteiger charge is 2.26. The summed E-state index contributed by atoms with van der Waals surface area (Å²) in [5.74, 6) is 0.166. The summed E-state index contributed by atoms with van der Waals surface area (Å²) < 4.78 is 31.3. The van der Waals surface area contributed by atoms with Crippen LogP contribution in [0.3, 0.4) is 0 Å².